The molecule has 3 aromatic rings. The second-order valence-electron chi connectivity index (χ2n) is 3.95. The van der Waals surface area contributed by atoms with E-state index in [0.717, 1.165) is 0 Å². The van der Waals surface area contributed by atoms with Crippen LogP contribution in [0.5, 0.6) is 11.6 Å². The van der Waals surface area contributed by atoms with Crippen LogP contribution in [-0.2, 0) is 0 Å². The number of hydrogen-bond acceptors (Lipinski definition) is 4. The van der Waals surface area contributed by atoms with Crippen molar-refractivity contribution in [1.29, 1.82) is 0 Å². The molecular weight excluding hydrogens is 282 g/mol. The van der Waals surface area contributed by atoms with Gasteiger partial charge in [-0.25, -0.2) is 9.31 Å². The molecule has 20 heavy (non-hydrogen) atoms. The first-order chi connectivity index (χ1) is 9.63. The maximum atomic E-state index is 11.2. The Morgan fingerprint density at radius 3 is 2.95 bits per heavy atom. The molecule has 0 amide bonds. The maximum absolute atomic E-state index is 11.2. The average molecular weight is 290 g/mol. The third-order valence-electron chi connectivity index (χ3n) is 2.62. The van der Waals surface area contributed by atoms with Gasteiger partial charge < -0.3 is 9.84 Å². The van der Waals surface area contributed by atoms with Gasteiger partial charge in [-0.15, -0.1) is 0 Å². The normalized spacial score (nSPS) is 10.7. The number of halogens is 1. The molecule has 0 aliphatic rings. The quantitative estimate of drug-likeness (QED) is 0.802. The summed E-state index contributed by atoms with van der Waals surface area (Å²) in [7, 11) is 0. The van der Waals surface area contributed by atoms with E-state index in [0.29, 0.717) is 10.7 Å². The van der Waals surface area contributed by atoms with Crippen molar-refractivity contribution in [3.05, 3.63) is 53.3 Å². The van der Waals surface area contributed by atoms with Gasteiger partial charge in [0.25, 0.3) is 0 Å². The summed E-state index contributed by atoms with van der Waals surface area (Å²) in [4.78, 5) is 15.4. The number of ether oxygens (including phenoxy) is 1. The fourth-order valence-corrected chi connectivity index (χ4v) is 1.90. The van der Waals surface area contributed by atoms with Gasteiger partial charge in [-0.2, -0.15) is 10.1 Å². The Morgan fingerprint density at radius 1 is 1.30 bits per heavy atom. The van der Waals surface area contributed by atoms with Crippen LogP contribution in [0.15, 0.2) is 42.7 Å². The lowest BCUT2D eigenvalue weighted by atomic mass is 10.2. The van der Waals surface area contributed by atoms with Gasteiger partial charge in [0.1, 0.15) is 11.3 Å². The minimum Gasteiger partial charge on any atom is -0.478 e. The number of nitrogens with zero attached hydrogens (tertiary/aromatic N) is 3. The Balaban J connectivity index is 1.99. The summed E-state index contributed by atoms with van der Waals surface area (Å²) < 4.78 is 7.09. The SMILES string of the molecule is O=C(O)c1cc(Cl)ccc1Oc1ccn2nccc2n1. The lowest BCUT2D eigenvalue weighted by Gasteiger charge is -2.08. The molecule has 100 valence electrons. The Labute approximate surface area is 118 Å². The van der Waals surface area contributed by atoms with E-state index in [1.165, 1.54) is 12.1 Å². The van der Waals surface area contributed by atoms with E-state index < -0.39 is 5.97 Å². The third-order valence-corrected chi connectivity index (χ3v) is 2.85. The molecule has 0 bridgehead atoms. The van der Waals surface area contributed by atoms with Crippen molar-refractivity contribution in [2.24, 2.45) is 0 Å². The van der Waals surface area contributed by atoms with Crippen LogP contribution in [0.3, 0.4) is 0 Å². The zero-order valence-corrected chi connectivity index (χ0v) is 10.8. The van der Waals surface area contributed by atoms with E-state index >= 15 is 0 Å². The largest absolute Gasteiger partial charge is 0.478 e. The Bertz CT molecular complexity index is 800. The molecule has 2 aromatic heterocycles. The smallest absolute Gasteiger partial charge is 0.339 e. The van der Waals surface area contributed by atoms with Crippen LogP contribution in [0.25, 0.3) is 5.65 Å². The van der Waals surface area contributed by atoms with Crippen molar-refractivity contribution in [2.75, 3.05) is 0 Å². The first-order valence-corrected chi connectivity index (χ1v) is 6.02. The van der Waals surface area contributed by atoms with Crippen molar-refractivity contribution >= 4 is 23.2 Å². The van der Waals surface area contributed by atoms with Gasteiger partial charge in [0.2, 0.25) is 5.88 Å². The van der Waals surface area contributed by atoms with Crippen LogP contribution in [0.4, 0.5) is 0 Å². The van der Waals surface area contributed by atoms with E-state index in [-0.39, 0.29) is 17.2 Å². The van der Waals surface area contributed by atoms with Crippen LogP contribution >= 0.6 is 11.6 Å². The zero-order valence-electron chi connectivity index (χ0n) is 10.0. The first kappa shape index (κ1) is 12.4. The second kappa shape index (κ2) is 4.82. The molecule has 0 saturated heterocycles. The zero-order chi connectivity index (χ0) is 14.1. The highest BCUT2D eigenvalue weighted by molar-refractivity contribution is 6.31. The standard InChI is InChI=1S/C13H8ClN3O3/c14-8-1-2-10(9(7-8)13(18)19)20-12-4-6-17-11(16-12)3-5-15-17/h1-7H,(H,18,19). The number of carboxylic acid groups (broad SMARTS) is 1. The highest BCUT2D eigenvalue weighted by Gasteiger charge is 2.13. The average Bonchev–Trinajstić information content (AvgIpc) is 2.88. The van der Waals surface area contributed by atoms with Crippen LogP contribution < -0.4 is 4.74 Å². The molecule has 0 spiro atoms. The van der Waals surface area contributed by atoms with Gasteiger partial charge in [-0.05, 0) is 18.2 Å². The van der Waals surface area contributed by atoms with Gasteiger partial charge in [0.05, 0.1) is 6.20 Å². The minimum absolute atomic E-state index is 0.0207. The predicted octanol–water partition coefficient (Wildman–Crippen LogP) is 2.87. The van der Waals surface area contributed by atoms with E-state index in [4.69, 9.17) is 21.4 Å². The van der Waals surface area contributed by atoms with Gasteiger partial charge in [0.15, 0.2) is 5.65 Å². The molecule has 6 nitrogen and oxygen atoms in total. The Morgan fingerprint density at radius 2 is 2.15 bits per heavy atom. The van der Waals surface area contributed by atoms with Gasteiger partial charge in [0, 0.05) is 23.4 Å². The van der Waals surface area contributed by atoms with Crippen molar-refractivity contribution in [3.8, 4) is 11.6 Å². The number of carboxylic acids is 1. The molecule has 0 radical (unpaired) electrons. The van der Waals surface area contributed by atoms with E-state index in [2.05, 4.69) is 10.1 Å². The molecular formula is C13H8ClN3O3. The summed E-state index contributed by atoms with van der Waals surface area (Å²) in [5, 5.41) is 13.5. The molecule has 0 atom stereocenters. The number of aromatic nitrogens is 3. The number of aromatic carboxylic acids is 1. The summed E-state index contributed by atoms with van der Waals surface area (Å²) >= 11 is 5.78. The number of hydrogen-bond donors (Lipinski definition) is 1. The molecule has 1 aromatic carbocycles. The molecule has 0 aliphatic carbocycles. The van der Waals surface area contributed by atoms with E-state index in [1.807, 2.05) is 0 Å². The van der Waals surface area contributed by atoms with E-state index in [1.54, 1.807) is 35.1 Å². The minimum atomic E-state index is -1.12. The second-order valence-corrected chi connectivity index (χ2v) is 4.38. The number of benzene rings is 1. The molecule has 0 fully saturated rings. The highest BCUT2D eigenvalue weighted by atomic mass is 35.5. The molecule has 7 heteroatoms. The van der Waals surface area contributed by atoms with E-state index in [9.17, 15) is 4.79 Å². The van der Waals surface area contributed by atoms with Crippen LogP contribution in [0, 0.1) is 0 Å². The summed E-state index contributed by atoms with van der Waals surface area (Å²) in [6, 6.07) is 7.69. The number of fused-ring (bicyclic) bond motifs is 1. The molecule has 3 rings (SSSR count). The highest BCUT2D eigenvalue weighted by Crippen LogP contribution is 2.27. The summed E-state index contributed by atoms with van der Waals surface area (Å²) in [6.07, 6.45) is 3.28. The topological polar surface area (TPSA) is 76.7 Å². The molecule has 0 saturated carbocycles. The molecule has 1 N–H and O–H groups in total. The fourth-order valence-electron chi connectivity index (χ4n) is 1.72. The van der Waals surface area contributed by atoms with Crippen LogP contribution in [0.2, 0.25) is 5.02 Å². The van der Waals surface area contributed by atoms with Crippen molar-refractivity contribution in [2.45, 2.75) is 0 Å². The van der Waals surface area contributed by atoms with Crippen LogP contribution in [-0.4, -0.2) is 25.7 Å². The first-order valence-electron chi connectivity index (χ1n) is 5.64. The third kappa shape index (κ3) is 2.28. The summed E-state index contributed by atoms with van der Waals surface area (Å²) in [6.45, 7) is 0. The van der Waals surface area contributed by atoms with Gasteiger partial charge >= 0.3 is 5.97 Å². The predicted molar refractivity (Wildman–Crippen MR) is 71.5 cm³/mol. The Hall–Kier alpha value is -2.60. The van der Waals surface area contributed by atoms with Crippen molar-refractivity contribution < 1.29 is 14.6 Å². The van der Waals surface area contributed by atoms with Crippen LogP contribution in [0.1, 0.15) is 10.4 Å². The monoisotopic (exact) mass is 289 g/mol. The lowest BCUT2D eigenvalue weighted by Crippen LogP contribution is -2.01. The molecule has 0 unspecified atom stereocenters. The fraction of sp³-hybridized carbons (Fsp3) is 0. The number of rotatable bonds is 3. The molecule has 2 heterocycles. The van der Waals surface area contributed by atoms with Gasteiger partial charge in [-0.3, -0.25) is 0 Å². The number of carbonyl (C=O) groups is 1. The molecule has 0 aliphatic heterocycles. The summed E-state index contributed by atoms with van der Waals surface area (Å²) in [5.74, 6) is -0.658. The van der Waals surface area contributed by atoms with Gasteiger partial charge in [-0.1, -0.05) is 11.6 Å². The van der Waals surface area contributed by atoms with Crippen molar-refractivity contribution in [3.63, 3.8) is 0 Å². The lowest BCUT2D eigenvalue weighted by molar-refractivity contribution is 0.0694. The Kier molecular flexibility index (Phi) is 3.00. The maximum Gasteiger partial charge on any atom is 0.339 e. The summed E-state index contributed by atoms with van der Waals surface area (Å²) in [5.41, 5.74) is 0.584. The van der Waals surface area contributed by atoms with Crippen molar-refractivity contribution in [1.82, 2.24) is 14.6 Å².